The Bertz CT molecular complexity index is 274. The lowest BCUT2D eigenvalue weighted by Crippen LogP contribution is -2.77. The normalized spacial score (nSPS) is 45.9. The molecular weight excluding hydrogens is 208 g/mol. The fraction of sp³-hybridized carbons (Fsp3) is 1.00. The summed E-state index contributed by atoms with van der Waals surface area (Å²) < 4.78 is 16.5. The second-order valence-electron chi connectivity index (χ2n) is 5.08. The Balaban J connectivity index is 1.61. The topological polar surface area (TPSA) is 57.0 Å². The quantitative estimate of drug-likeness (QED) is 0.654. The fourth-order valence-electron chi connectivity index (χ4n) is 3.29. The molecule has 1 saturated carbocycles. The minimum Gasteiger partial charge on any atom is -0.376 e. The standard InChI is InChI=1S/C11H20N2O3/c1-14-11(15-2)5-13(6-11)9-8(12)7-3-4-16-10(7)9/h7-10H,3-6,12H2,1-2H3. The number of methoxy groups -OCH3 is 2. The van der Waals surface area contributed by atoms with Crippen molar-refractivity contribution < 1.29 is 14.2 Å². The van der Waals surface area contributed by atoms with Crippen LogP contribution in [-0.2, 0) is 14.2 Å². The highest BCUT2D eigenvalue weighted by Crippen LogP contribution is 2.43. The van der Waals surface area contributed by atoms with E-state index in [1.807, 2.05) is 0 Å². The van der Waals surface area contributed by atoms with E-state index in [2.05, 4.69) is 4.90 Å². The number of likely N-dealkylation sites (tertiary alicyclic amines) is 1. The van der Waals surface area contributed by atoms with Crippen LogP contribution >= 0.6 is 0 Å². The van der Waals surface area contributed by atoms with Crippen LogP contribution in [0.2, 0.25) is 0 Å². The number of rotatable bonds is 3. The second kappa shape index (κ2) is 3.65. The van der Waals surface area contributed by atoms with Crippen molar-refractivity contribution in [3.05, 3.63) is 0 Å². The van der Waals surface area contributed by atoms with E-state index in [-0.39, 0.29) is 6.04 Å². The molecule has 4 atom stereocenters. The molecule has 0 aromatic rings. The highest BCUT2D eigenvalue weighted by atomic mass is 16.7. The first-order valence-corrected chi connectivity index (χ1v) is 5.92. The zero-order chi connectivity index (χ0) is 11.3. The zero-order valence-corrected chi connectivity index (χ0v) is 9.89. The molecule has 0 amide bonds. The SMILES string of the molecule is COC1(OC)CN(C2C(N)C3CCOC32)C1. The van der Waals surface area contributed by atoms with Crippen LogP contribution in [0.25, 0.3) is 0 Å². The van der Waals surface area contributed by atoms with Crippen molar-refractivity contribution in [3.8, 4) is 0 Å². The molecule has 0 bridgehead atoms. The van der Waals surface area contributed by atoms with Crippen LogP contribution in [0.1, 0.15) is 6.42 Å². The van der Waals surface area contributed by atoms with Gasteiger partial charge in [0, 0.05) is 32.8 Å². The number of hydrogen-bond acceptors (Lipinski definition) is 5. The largest absolute Gasteiger partial charge is 0.376 e. The van der Waals surface area contributed by atoms with Gasteiger partial charge in [0.15, 0.2) is 5.79 Å². The van der Waals surface area contributed by atoms with Crippen molar-refractivity contribution >= 4 is 0 Å². The van der Waals surface area contributed by atoms with E-state index in [9.17, 15) is 0 Å². The maximum atomic E-state index is 6.19. The highest BCUT2D eigenvalue weighted by Gasteiger charge is 2.59. The third kappa shape index (κ3) is 1.29. The Kier molecular flexibility index (Phi) is 2.49. The molecule has 16 heavy (non-hydrogen) atoms. The number of ether oxygens (including phenoxy) is 3. The molecule has 2 aliphatic heterocycles. The molecule has 5 nitrogen and oxygen atoms in total. The molecule has 4 unspecified atom stereocenters. The third-order valence-corrected chi connectivity index (χ3v) is 4.46. The van der Waals surface area contributed by atoms with Gasteiger partial charge in [-0.3, -0.25) is 4.90 Å². The molecule has 0 aromatic heterocycles. The lowest BCUT2D eigenvalue weighted by atomic mass is 9.70. The maximum absolute atomic E-state index is 6.19. The van der Waals surface area contributed by atoms with E-state index in [1.165, 1.54) is 0 Å². The maximum Gasteiger partial charge on any atom is 0.193 e. The minimum atomic E-state index is -0.413. The van der Waals surface area contributed by atoms with Crippen LogP contribution in [0.5, 0.6) is 0 Å². The molecular formula is C11H20N2O3. The molecule has 92 valence electrons. The van der Waals surface area contributed by atoms with Crippen molar-refractivity contribution in [3.63, 3.8) is 0 Å². The summed E-state index contributed by atoms with van der Waals surface area (Å²) in [5, 5.41) is 0. The molecule has 3 aliphatic rings. The van der Waals surface area contributed by atoms with Gasteiger partial charge in [-0.1, -0.05) is 0 Å². The lowest BCUT2D eigenvalue weighted by Gasteiger charge is -2.58. The van der Waals surface area contributed by atoms with Crippen molar-refractivity contribution in [1.29, 1.82) is 0 Å². The van der Waals surface area contributed by atoms with E-state index in [1.54, 1.807) is 14.2 Å². The Labute approximate surface area is 95.8 Å². The minimum absolute atomic E-state index is 0.263. The Morgan fingerprint density at radius 2 is 2.00 bits per heavy atom. The van der Waals surface area contributed by atoms with Crippen LogP contribution in [0.4, 0.5) is 0 Å². The van der Waals surface area contributed by atoms with Crippen molar-refractivity contribution in [2.75, 3.05) is 33.9 Å². The van der Waals surface area contributed by atoms with E-state index in [4.69, 9.17) is 19.9 Å². The molecule has 3 fully saturated rings. The lowest BCUT2D eigenvalue weighted by molar-refractivity contribution is -0.295. The van der Waals surface area contributed by atoms with Gasteiger partial charge in [0.05, 0.1) is 25.2 Å². The van der Waals surface area contributed by atoms with Gasteiger partial charge in [0.2, 0.25) is 0 Å². The number of nitrogens with two attached hydrogens (primary N) is 1. The van der Waals surface area contributed by atoms with E-state index in [0.717, 1.165) is 26.1 Å². The monoisotopic (exact) mass is 228 g/mol. The first-order valence-electron chi connectivity index (χ1n) is 5.92. The summed E-state index contributed by atoms with van der Waals surface area (Å²) in [6.07, 6.45) is 1.47. The van der Waals surface area contributed by atoms with Gasteiger partial charge >= 0.3 is 0 Å². The average Bonchev–Trinajstić information content (AvgIpc) is 2.66. The molecule has 0 spiro atoms. The molecule has 2 heterocycles. The van der Waals surface area contributed by atoms with Crippen LogP contribution in [0.3, 0.4) is 0 Å². The Morgan fingerprint density at radius 3 is 2.62 bits per heavy atom. The van der Waals surface area contributed by atoms with Crippen molar-refractivity contribution in [2.24, 2.45) is 11.7 Å². The summed E-state index contributed by atoms with van der Waals surface area (Å²) in [4.78, 5) is 2.32. The second-order valence-corrected chi connectivity index (χ2v) is 5.08. The third-order valence-electron chi connectivity index (χ3n) is 4.46. The van der Waals surface area contributed by atoms with Crippen molar-refractivity contribution in [2.45, 2.75) is 30.4 Å². The number of hydrogen-bond donors (Lipinski definition) is 1. The fourth-order valence-corrected chi connectivity index (χ4v) is 3.29. The van der Waals surface area contributed by atoms with Gasteiger partial charge < -0.3 is 19.9 Å². The van der Waals surface area contributed by atoms with Crippen molar-refractivity contribution in [1.82, 2.24) is 4.90 Å². The van der Waals surface area contributed by atoms with Gasteiger partial charge in [-0.15, -0.1) is 0 Å². The van der Waals surface area contributed by atoms with Gasteiger partial charge in [-0.2, -0.15) is 0 Å². The summed E-state index contributed by atoms with van der Waals surface area (Å²) >= 11 is 0. The average molecular weight is 228 g/mol. The molecule has 2 N–H and O–H groups in total. The van der Waals surface area contributed by atoms with Crippen LogP contribution in [0.15, 0.2) is 0 Å². The highest BCUT2D eigenvalue weighted by molar-refractivity contribution is 5.12. The van der Waals surface area contributed by atoms with Gasteiger partial charge in [0.1, 0.15) is 0 Å². The van der Waals surface area contributed by atoms with E-state index < -0.39 is 5.79 Å². The molecule has 2 saturated heterocycles. The van der Waals surface area contributed by atoms with Gasteiger partial charge in [0.25, 0.3) is 0 Å². The van der Waals surface area contributed by atoms with E-state index in [0.29, 0.717) is 18.1 Å². The smallest absolute Gasteiger partial charge is 0.193 e. The molecule has 5 heteroatoms. The summed E-state index contributed by atoms with van der Waals surface area (Å²) in [6.45, 7) is 2.46. The Morgan fingerprint density at radius 1 is 1.31 bits per heavy atom. The predicted octanol–water partition coefficient (Wildman–Crippen LogP) is -0.594. The molecule has 3 rings (SSSR count). The first-order chi connectivity index (χ1) is 7.71. The van der Waals surface area contributed by atoms with Crippen LogP contribution in [-0.4, -0.2) is 62.8 Å². The summed E-state index contributed by atoms with van der Waals surface area (Å²) in [6, 6.07) is 0.630. The number of nitrogens with zero attached hydrogens (tertiary/aromatic N) is 1. The molecule has 0 radical (unpaired) electrons. The van der Waals surface area contributed by atoms with Crippen LogP contribution < -0.4 is 5.73 Å². The van der Waals surface area contributed by atoms with E-state index >= 15 is 0 Å². The number of fused-ring (bicyclic) bond motifs is 1. The molecule has 1 aliphatic carbocycles. The Hall–Kier alpha value is -0.200. The summed E-state index contributed by atoms with van der Waals surface area (Å²) in [5.74, 6) is 0.161. The predicted molar refractivity (Wildman–Crippen MR) is 57.9 cm³/mol. The summed E-state index contributed by atoms with van der Waals surface area (Å²) in [5.41, 5.74) is 6.19. The van der Waals surface area contributed by atoms with Gasteiger partial charge in [-0.25, -0.2) is 0 Å². The zero-order valence-electron chi connectivity index (χ0n) is 9.89. The first kappa shape index (κ1) is 10.9. The summed E-state index contributed by atoms with van der Waals surface area (Å²) in [7, 11) is 3.38. The van der Waals surface area contributed by atoms with Crippen LogP contribution in [0, 0.1) is 5.92 Å². The van der Waals surface area contributed by atoms with Gasteiger partial charge in [-0.05, 0) is 6.42 Å². The molecule has 0 aromatic carbocycles.